The molecule has 1 aliphatic carbocycles. The molecule has 1 heterocycles. The number of hydrogen-bond acceptors (Lipinski definition) is 3. The zero-order valence-corrected chi connectivity index (χ0v) is 11.0. The maximum absolute atomic E-state index is 8.87. The van der Waals surface area contributed by atoms with Gasteiger partial charge in [-0.1, -0.05) is 11.6 Å². The number of aliphatic hydroxyl groups excluding tert-OH is 1. The van der Waals surface area contributed by atoms with Gasteiger partial charge in [0.1, 0.15) is 0 Å². The summed E-state index contributed by atoms with van der Waals surface area (Å²) in [5.74, 6) is 1.42. The van der Waals surface area contributed by atoms with Crippen molar-refractivity contribution in [2.24, 2.45) is 5.41 Å². The zero-order valence-electron chi connectivity index (χ0n) is 10.2. The van der Waals surface area contributed by atoms with Crippen LogP contribution in [0.1, 0.15) is 24.8 Å². The minimum atomic E-state index is 0.190. The van der Waals surface area contributed by atoms with Crippen LogP contribution in [-0.4, -0.2) is 24.9 Å². The fraction of sp³-hybridized carbons (Fsp3) is 0.571. The minimum absolute atomic E-state index is 0.190. The first-order valence-electron chi connectivity index (χ1n) is 6.41. The highest BCUT2D eigenvalue weighted by molar-refractivity contribution is 6.32. The van der Waals surface area contributed by atoms with Crippen molar-refractivity contribution < 1.29 is 14.6 Å². The average molecular weight is 269 g/mol. The molecule has 18 heavy (non-hydrogen) atoms. The largest absolute Gasteiger partial charge is 0.489 e. The number of rotatable bonds is 3. The van der Waals surface area contributed by atoms with E-state index in [1.165, 1.54) is 12.8 Å². The van der Waals surface area contributed by atoms with Crippen molar-refractivity contribution in [2.45, 2.75) is 25.7 Å². The molecule has 3 rings (SSSR count). The number of fused-ring (bicyclic) bond motifs is 1. The van der Waals surface area contributed by atoms with Crippen LogP contribution in [0.25, 0.3) is 0 Å². The van der Waals surface area contributed by atoms with Crippen molar-refractivity contribution in [3.63, 3.8) is 0 Å². The molecule has 0 saturated heterocycles. The summed E-state index contributed by atoms with van der Waals surface area (Å²) < 4.78 is 11.7. The molecule has 98 valence electrons. The Morgan fingerprint density at radius 2 is 2.00 bits per heavy atom. The van der Waals surface area contributed by atoms with Crippen LogP contribution in [0, 0.1) is 5.41 Å². The molecule has 1 fully saturated rings. The summed E-state index contributed by atoms with van der Waals surface area (Å²) in [6.45, 7) is 1.62. The predicted octanol–water partition coefficient (Wildman–Crippen LogP) is 2.82. The lowest BCUT2D eigenvalue weighted by Crippen LogP contribution is -2.17. The van der Waals surface area contributed by atoms with E-state index < -0.39 is 0 Å². The van der Waals surface area contributed by atoms with Crippen LogP contribution in [0.15, 0.2) is 12.1 Å². The fourth-order valence-electron chi connectivity index (χ4n) is 2.26. The van der Waals surface area contributed by atoms with E-state index >= 15 is 0 Å². The van der Waals surface area contributed by atoms with Crippen LogP contribution >= 0.6 is 11.6 Å². The highest BCUT2D eigenvalue weighted by atomic mass is 35.5. The molecular formula is C14H17ClO3. The molecule has 0 bridgehead atoms. The van der Waals surface area contributed by atoms with E-state index in [-0.39, 0.29) is 12.0 Å². The molecule has 2 aliphatic rings. The molecule has 1 N–H and O–H groups in total. The van der Waals surface area contributed by atoms with Crippen molar-refractivity contribution in [3.05, 3.63) is 22.7 Å². The van der Waals surface area contributed by atoms with Crippen molar-refractivity contribution in [1.29, 1.82) is 0 Å². The van der Waals surface area contributed by atoms with Gasteiger partial charge in [0.05, 0.1) is 18.2 Å². The first-order chi connectivity index (χ1) is 8.72. The fourth-order valence-corrected chi connectivity index (χ4v) is 2.55. The van der Waals surface area contributed by atoms with Gasteiger partial charge < -0.3 is 14.6 Å². The monoisotopic (exact) mass is 268 g/mol. The molecule has 1 aromatic carbocycles. The molecular weight excluding hydrogens is 252 g/mol. The first kappa shape index (κ1) is 12.1. The van der Waals surface area contributed by atoms with Gasteiger partial charge in [0, 0.05) is 12.0 Å². The van der Waals surface area contributed by atoms with Gasteiger partial charge in [-0.15, -0.1) is 0 Å². The molecule has 1 aromatic rings. The van der Waals surface area contributed by atoms with Gasteiger partial charge in [-0.05, 0) is 43.4 Å². The van der Waals surface area contributed by atoms with Crippen molar-refractivity contribution in [1.82, 2.24) is 0 Å². The van der Waals surface area contributed by atoms with Crippen molar-refractivity contribution >= 4 is 11.6 Å². The third-order valence-electron chi connectivity index (χ3n) is 3.71. The van der Waals surface area contributed by atoms with Gasteiger partial charge in [0.15, 0.2) is 11.5 Å². The summed E-state index contributed by atoms with van der Waals surface area (Å²) in [6.07, 6.45) is 3.89. The summed E-state index contributed by atoms with van der Waals surface area (Å²) in [5.41, 5.74) is 1.32. The standard InChI is InChI=1S/C14H17ClO3/c15-11-6-10(2-1-5-16)7-12-13(11)18-9-14(3-4-14)8-17-12/h6-7,16H,1-5,8-9H2. The normalized spacial score (nSPS) is 19.7. The zero-order chi connectivity index (χ0) is 12.6. The van der Waals surface area contributed by atoms with Crippen LogP contribution in [0.4, 0.5) is 0 Å². The van der Waals surface area contributed by atoms with E-state index in [1.54, 1.807) is 0 Å². The highest BCUT2D eigenvalue weighted by Crippen LogP contribution is 2.50. The predicted molar refractivity (Wildman–Crippen MR) is 69.5 cm³/mol. The average Bonchev–Trinajstić information content (AvgIpc) is 3.15. The molecule has 1 aliphatic heterocycles. The molecule has 1 saturated carbocycles. The minimum Gasteiger partial charge on any atom is -0.489 e. The Labute approximate surface area is 112 Å². The Morgan fingerprint density at radius 3 is 2.72 bits per heavy atom. The van der Waals surface area contributed by atoms with Crippen molar-refractivity contribution in [3.8, 4) is 11.5 Å². The Balaban J connectivity index is 1.84. The summed E-state index contributed by atoms with van der Waals surface area (Å²) in [7, 11) is 0. The lowest BCUT2D eigenvalue weighted by Gasteiger charge is -2.11. The lowest BCUT2D eigenvalue weighted by atomic mass is 10.1. The second-order valence-corrected chi connectivity index (χ2v) is 5.72. The number of aryl methyl sites for hydroxylation is 1. The van der Waals surface area contributed by atoms with Crippen LogP contribution in [0.5, 0.6) is 11.5 Å². The highest BCUT2D eigenvalue weighted by Gasteiger charge is 2.46. The maximum atomic E-state index is 8.87. The smallest absolute Gasteiger partial charge is 0.179 e. The summed E-state index contributed by atoms with van der Waals surface area (Å²) in [4.78, 5) is 0. The molecule has 0 unspecified atom stereocenters. The molecule has 0 amide bonds. The van der Waals surface area contributed by atoms with Gasteiger partial charge >= 0.3 is 0 Å². The van der Waals surface area contributed by atoms with Crippen molar-refractivity contribution in [2.75, 3.05) is 19.8 Å². The number of hydrogen-bond donors (Lipinski definition) is 1. The van der Waals surface area contributed by atoms with Crippen LogP contribution in [-0.2, 0) is 6.42 Å². The van der Waals surface area contributed by atoms with E-state index in [0.717, 1.165) is 30.8 Å². The molecule has 0 atom stereocenters. The number of halogens is 1. The van der Waals surface area contributed by atoms with Gasteiger partial charge in [-0.2, -0.15) is 0 Å². The Kier molecular flexibility index (Phi) is 3.12. The maximum Gasteiger partial charge on any atom is 0.179 e. The molecule has 0 aromatic heterocycles. The van der Waals surface area contributed by atoms with Gasteiger partial charge in [-0.25, -0.2) is 0 Å². The number of ether oxygens (including phenoxy) is 2. The van der Waals surface area contributed by atoms with E-state index in [4.69, 9.17) is 26.2 Å². The Hall–Kier alpha value is -0.930. The SMILES string of the molecule is OCCCc1cc(Cl)c2c(c1)OCC1(CC1)CO2. The summed E-state index contributed by atoms with van der Waals surface area (Å²) >= 11 is 6.24. The summed E-state index contributed by atoms with van der Waals surface area (Å²) in [6, 6.07) is 3.89. The third kappa shape index (κ3) is 2.29. The van der Waals surface area contributed by atoms with Gasteiger partial charge in [0.2, 0.25) is 0 Å². The molecule has 1 spiro atoms. The molecule has 3 nitrogen and oxygen atoms in total. The van der Waals surface area contributed by atoms with Crippen LogP contribution in [0.2, 0.25) is 5.02 Å². The van der Waals surface area contributed by atoms with Gasteiger partial charge in [0.25, 0.3) is 0 Å². The van der Waals surface area contributed by atoms with E-state index in [2.05, 4.69) is 0 Å². The second-order valence-electron chi connectivity index (χ2n) is 5.31. The van der Waals surface area contributed by atoms with E-state index in [0.29, 0.717) is 17.4 Å². The second kappa shape index (κ2) is 4.63. The van der Waals surface area contributed by atoms with E-state index in [9.17, 15) is 0 Å². The van der Waals surface area contributed by atoms with Crippen LogP contribution in [0.3, 0.4) is 0 Å². The number of benzene rings is 1. The Morgan fingerprint density at radius 1 is 1.22 bits per heavy atom. The third-order valence-corrected chi connectivity index (χ3v) is 3.99. The van der Waals surface area contributed by atoms with Crippen LogP contribution < -0.4 is 9.47 Å². The lowest BCUT2D eigenvalue weighted by molar-refractivity contribution is 0.197. The Bertz CT molecular complexity index is 455. The molecule has 4 heteroatoms. The first-order valence-corrected chi connectivity index (χ1v) is 6.79. The number of aliphatic hydroxyl groups is 1. The summed E-state index contributed by atoms with van der Waals surface area (Å²) in [5, 5.41) is 9.48. The topological polar surface area (TPSA) is 38.7 Å². The van der Waals surface area contributed by atoms with E-state index in [1.807, 2.05) is 12.1 Å². The van der Waals surface area contributed by atoms with Gasteiger partial charge in [-0.3, -0.25) is 0 Å². The quantitative estimate of drug-likeness (QED) is 0.916. The molecule has 0 radical (unpaired) electrons.